The smallest absolute Gasteiger partial charge is 0.248 e. The molecule has 1 aromatic heterocycles. The monoisotopic (exact) mass is 331 g/mol. The molecule has 2 N–H and O–H groups in total. The molecular weight excluding hydrogens is 310 g/mol. The lowest BCUT2D eigenvalue weighted by molar-refractivity contribution is -0.126. The molecule has 0 saturated carbocycles. The number of carbonyl (C=O) groups is 2. The van der Waals surface area contributed by atoms with Crippen LogP contribution in [-0.4, -0.2) is 22.6 Å². The summed E-state index contributed by atoms with van der Waals surface area (Å²) in [6, 6.07) is 6.37. The average molecular weight is 331 g/mol. The van der Waals surface area contributed by atoms with Crippen molar-refractivity contribution < 1.29 is 9.59 Å². The van der Waals surface area contributed by atoms with Gasteiger partial charge in [0.15, 0.2) is 0 Å². The van der Waals surface area contributed by atoms with Crippen molar-refractivity contribution in [1.29, 1.82) is 0 Å². The van der Waals surface area contributed by atoms with Gasteiger partial charge < -0.3 is 0 Å². The van der Waals surface area contributed by atoms with Gasteiger partial charge in [-0.2, -0.15) is 0 Å². The predicted octanol–water partition coefficient (Wildman–Crippen LogP) is 2.67. The Kier molecular flexibility index (Phi) is 5.60. The number of nitrogens with zero attached hydrogens (tertiary/aromatic N) is 1. The topological polar surface area (TPSA) is 71.1 Å². The maximum Gasteiger partial charge on any atom is 0.248 e. The Morgan fingerprint density at radius 1 is 1.17 bits per heavy atom. The van der Waals surface area contributed by atoms with E-state index in [0.717, 1.165) is 27.9 Å². The lowest BCUT2D eigenvalue weighted by Gasteiger charge is -2.11. The van der Waals surface area contributed by atoms with E-state index in [4.69, 9.17) is 4.98 Å². The van der Waals surface area contributed by atoms with Gasteiger partial charge in [-0.05, 0) is 49.1 Å². The molecule has 2 rings (SSSR count). The van der Waals surface area contributed by atoms with Crippen molar-refractivity contribution in [3.05, 3.63) is 34.9 Å². The van der Waals surface area contributed by atoms with Crippen molar-refractivity contribution in [3.8, 4) is 0 Å². The quantitative estimate of drug-likeness (QED) is 0.667. The highest BCUT2D eigenvalue weighted by Crippen LogP contribution is 2.27. The zero-order valence-corrected chi connectivity index (χ0v) is 14.6. The number of benzene rings is 1. The maximum atomic E-state index is 11.7. The second-order valence-electron chi connectivity index (χ2n) is 5.47. The van der Waals surface area contributed by atoms with Gasteiger partial charge >= 0.3 is 0 Å². The first-order valence-electron chi connectivity index (χ1n) is 7.49. The highest BCUT2D eigenvalue weighted by atomic mass is 32.2. The fraction of sp³-hybridized carbons (Fsp3) is 0.353. The first-order valence-corrected chi connectivity index (χ1v) is 8.48. The third kappa shape index (κ3) is 4.45. The van der Waals surface area contributed by atoms with Crippen LogP contribution < -0.4 is 10.9 Å². The number of thioether (sulfide) groups is 1. The molecule has 0 radical (unpaired) electrons. The number of aryl methyl sites for hydroxylation is 3. The predicted molar refractivity (Wildman–Crippen MR) is 93.3 cm³/mol. The van der Waals surface area contributed by atoms with Crippen LogP contribution in [0.25, 0.3) is 10.9 Å². The number of fused-ring (bicyclic) bond motifs is 1. The van der Waals surface area contributed by atoms with Crippen molar-refractivity contribution in [1.82, 2.24) is 15.8 Å². The molecule has 2 aromatic rings. The first-order chi connectivity index (χ1) is 10.9. The molecule has 0 spiro atoms. The summed E-state index contributed by atoms with van der Waals surface area (Å²) >= 11 is 1.38. The molecule has 0 fully saturated rings. The van der Waals surface area contributed by atoms with Crippen LogP contribution in [0.15, 0.2) is 23.2 Å². The molecule has 2 amide bonds. The largest absolute Gasteiger partial charge is 0.274 e. The molecule has 23 heavy (non-hydrogen) atoms. The summed E-state index contributed by atoms with van der Waals surface area (Å²) in [4.78, 5) is 27.2. The molecule has 0 saturated heterocycles. The Morgan fingerprint density at radius 3 is 2.57 bits per heavy atom. The molecule has 1 heterocycles. The van der Waals surface area contributed by atoms with Crippen LogP contribution in [-0.2, 0) is 16.0 Å². The van der Waals surface area contributed by atoms with Crippen LogP contribution in [0, 0.1) is 13.8 Å². The van der Waals surface area contributed by atoms with E-state index in [1.54, 1.807) is 0 Å². The van der Waals surface area contributed by atoms with Crippen molar-refractivity contribution >= 4 is 34.5 Å². The number of hydrogen-bond donors (Lipinski definition) is 2. The van der Waals surface area contributed by atoms with Gasteiger partial charge in [-0.25, -0.2) is 4.98 Å². The molecule has 5 nitrogen and oxygen atoms in total. The van der Waals surface area contributed by atoms with Gasteiger partial charge in [0.2, 0.25) is 11.8 Å². The lowest BCUT2D eigenvalue weighted by atomic mass is 10.0. The number of rotatable bonds is 4. The zero-order chi connectivity index (χ0) is 17.0. The van der Waals surface area contributed by atoms with Crippen LogP contribution in [0.4, 0.5) is 0 Å². The van der Waals surface area contributed by atoms with Gasteiger partial charge in [0.25, 0.3) is 0 Å². The number of hydrogen-bond acceptors (Lipinski definition) is 4. The normalized spacial score (nSPS) is 10.6. The summed E-state index contributed by atoms with van der Waals surface area (Å²) in [6.45, 7) is 7.56. The Labute approximate surface area is 140 Å². The second kappa shape index (κ2) is 7.46. The van der Waals surface area contributed by atoms with Crippen LogP contribution in [0.3, 0.4) is 0 Å². The Hall–Kier alpha value is -2.08. The Balaban J connectivity index is 2.22. The van der Waals surface area contributed by atoms with Gasteiger partial charge in [0.1, 0.15) is 5.03 Å². The van der Waals surface area contributed by atoms with Crippen LogP contribution in [0.1, 0.15) is 30.5 Å². The number of carbonyl (C=O) groups excluding carboxylic acids is 2. The van der Waals surface area contributed by atoms with Gasteiger partial charge in [0, 0.05) is 12.3 Å². The standard InChI is InChI=1S/C17H21N3O2S/c1-5-13-8-14-11(3)6-10(2)7-15(14)18-17(13)23-9-16(22)20-19-12(4)21/h6-8H,5,9H2,1-4H3,(H,19,21)(H,20,22). The number of hydrazine groups is 1. The van der Waals surface area contributed by atoms with Gasteiger partial charge in [-0.15, -0.1) is 0 Å². The van der Waals surface area contributed by atoms with Gasteiger partial charge in [-0.3, -0.25) is 20.4 Å². The molecule has 122 valence electrons. The fourth-order valence-electron chi connectivity index (χ4n) is 2.36. The van der Waals surface area contributed by atoms with Crippen molar-refractivity contribution in [2.24, 2.45) is 0 Å². The summed E-state index contributed by atoms with van der Waals surface area (Å²) in [5.74, 6) is -0.349. The van der Waals surface area contributed by atoms with Crippen LogP contribution in [0.2, 0.25) is 0 Å². The number of pyridine rings is 1. The summed E-state index contributed by atoms with van der Waals surface area (Å²) in [5.41, 5.74) is 9.10. The fourth-order valence-corrected chi connectivity index (χ4v) is 3.25. The first kappa shape index (κ1) is 17.3. The molecule has 0 bridgehead atoms. The summed E-state index contributed by atoms with van der Waals surface area (Å²) in [7, 11) is 0. The second-order valence-corrected chi connectivity index (χ2v) is 6.44. The van der Waals surface area contributed by atoms with Crippen molar-refractivity contribution in [3.63, 3.8) is 0 Å². The molecule has 0 aliphatic heterocycles. The zero-order valence-electron chi connectivity index (χ0n) is 13.8. The van der Waals surface area contributed by atoms with Gasteiger partial charge in [-0.1, -0.05) is 24.8 Å². The SMILES string of the molecule is CCc1cc2c(C)cc(C)cc2nc1SCC(=O)NNC(C)=O. The van der Waals surface area contributed by atoms with E-state index in [1.165, 1.54) is 29.8 Å². The van der Waals surface area contributed by atoms with E-state index in [1.807, 2.05) is 0 Å². The van der Waals surface area contributed by atoms with E-state index in [0.29, 0.717) is 0 Å². The summed E-state index contributed by atoms with van der Waals surface area (Å²) in [5, 5.41) is 2.02. The van der Waals surface area contributed by atoms with Crippen LogP contribution >= 0.6 is 11.8 Å². The number of amides is 2. The highest BCUT2D eigenvalue weighted by molar-refractivity contribution is 7.99. The van der Waals surface area contributed by atoms with Gasteiger partial charge in [0.05, 0.1) is 11.3 Å². The minimum atomic E-state index is -0.299. The number of nitrogens with one attached hydrogen (secondary N) is 2. The van der Waals surface area contributed by atoms with E-state index in [-0.39, 0.29) is 17.6 Å². The molecule has 0 atom stereocenters. The number of aromatic nitrogens is 1. The average Bonchev–Trinajstić information content (AvgIpc) is 2.49. The third-order valence-corrected chi connectivity index (χ3v) is 4.46. The minimum Gasteiger partial charge on any atom is -0.274 e. The molecule has 6 heteroatoms. The van der Waals surface area contributed by atoms with Crippen molar-refractivity contribution in [2.45, 2.75) is 39.1 Å². The van der Waals surface area contributed by atoms with E-state index < -0.39 is 0 Å². The molecule has 1 aromatic carbocycles. The minimum absolute atomic E-state index is 0.205. The maximum absolute atomic E-state index is 11.7. The van der Waals surface area contributed by atoms with Crippen molar-refractivity contribution in [2.75, 3.05) is 5.75 Å². The molecule has 0 aliphatic carbocycles. The molecular formula is C17H21N3O2S. The lowest BCUT2D eigenvalue weighted by Crippen LogP contribution is -2.41. The third-order valence-electron chi connectivity index (χ3n) is 3.42. The van der Waals surface area contributed by atoms with E-state index in [2.05, 4.69) is 49.8 Å². The Bertz CT molecular complexity index is 759. The Morgan fingerprint density at radius 2 is 1.91 bits per heavy atom. The molecule has 0 unspecified atom stereocenters. The van der Waals surface area contributed by atoms with E-state index in [9.17, 15) is 9.59 Å². The molecule has 0 aliphatic rings. The highest BCUT2D eigenvalue weighted by Gasteiger charge is 2.11. The van der Waals surface area contributed by atoms with E-state index >= 15 is 0 Å². The summed E-state index contributed by atoms with van der Waals surface area (Å²) in [6.07, 6.45) is 0.853. The summed E-state index contributed by atoms with van der Waals surface area (Å²) < 4.78 is 0. The van der Waals surface area contributed by atoms with Crippen LogP contribution in [0.5, 0.6) is 0 Å².